The number of esters is 1. The van der Waals surface area contributed by atoms with Crippen LogP contribution in [0.4, 0.5) is 0 Å². The topological polar surface area (TPSA) is 95.9 Å². The lowest BCUT2D eigenvalue weighted by molar-refractivity contribution is -0.151. The molecule has 3 N–H and O–H groups in total. The van der Waals surface area contributed by atoms with E-state index in [1.165, 1.54) is 122 Å². The van der Waals surface area contributed by atoms with Crippen LogP contribution in [0.2, 0.25) is 0 Å². The molecular weight excluding hydrogens is 755 g/mol. The molecule has 0 aromatic carbocycles. The Labute approximate surface area is 377 Å². The van der Waals surface area contributed by atoms with Crippen LogP contribution in [0.25, 0.3) is 0 Å². The maximum absolute atomic E-state index is 13.2. The average molecular weight is 852 g/mol. The quantitative estimate of drug-likeness (QED) is 0.0322. The summed E-state index contributed by atoms with van der Waals surface area (Å²) in [5.74, 6) is -0.522. The van der Waals surface area contributed by atoms with E-state index in [0.29, 0.717) is 19.3 Å². The third kappa shape index (κ3) is 43.7. The summed E-state index contributed by atoms with van der Waals surface area (Å²) in [5.41, 5.74) is 0. The van der Waals surface area contributed by atoms with Gasteiger partial charge in [-0.05, 0) is 44.9 Å². The first-order valence-corrected chi connectivity index (χ1v) is 25.7. The fourth-order valence-electron chi connectivity index (χ4n) is 7.58. The van der Waals surface area contributed by atoms with Crippen molar-refractivity contribution in [2.45, 2.75) is 257 Å². The third-order valence-corrected chi connectivity index (χ3v) is 11.5. The Balaban J connectivity index is 4.67. The van der Waals surface area contributed by atoms with Crippen molar-refractivity contribution in [1.82, 2.24) is 5.32 Å². The Morgan fingerprint density at radius 2 is 0.885 bits per heavy atom. The minimum absolute atomic E-state index is 0.0588. The third-order valence-electron chi connectivity index (χ3n) is 11.5. The SMILES string of the molecule is CC\C=C/C=C/C=C/C=C\C=C\C=C\CCCCCC(=O)OC(CCCCCCCCCCCCCCCCC)CC(=O)NC(CO)C(O)CCCCCCCCCCCC. The van der Waals surface area contributed by atoms with E-state index < -0.39 is 18.2 Å². The van der Waals surface area contributed by atoms with E-state index in [9.17, 15) is 19.8 Å². The maximum atomic E-state index is 13.2. The summed E-state index contributed by atoms with van der Waals surface area (Å²) in [5, 5.41) is 23.7. The van der Waals surface area contributed by atoms with Gasteiger partial charge in [0.2, 0.25) is 5.91 Å². The van der Waals surface area contributed by atoms with Crippen molar-refractivity contribution >= 4 is 11.9 Å². The fourth-order valence-corrected chi connectivity index (χ4v) is 7.58. The van der Waals surface area contributed by atoms with Crippen LogP contribution in [0, 0.1) is 0 Å². The molecule has 6 nitrogen and oxygen atoms in total. The van der Waals surface area contributed by atoms with Crippen LogP contribution in [0.1, 0.15) is 239 Å². The number of aliphatic hydroxyl groups excluding tert-OH is 2. The Bertz CT molecular complexity index is 1140. The van der Waals surface area contributed by atoms with Crippen molar-refractivity contribution in [2.75, 3.05) is 6.61 Å². The van der Waals surface area contributed by atoms with Gasteiger partial charge in [-0.2, -0.15) is 0 Å². The molecule has 0 spiro atoms. The molecule has 61 heavy (non-hydrogen) atoms. The summed E-state index contributed by atoms with van der Waals surface area (Å²) in [6, 6.07) is -0.711. The molecule has 0 aromatic heterocycles. The molecule has 6 heteroatoms. The van der Waals surface area contributed by atoms with E-state index in [1.54, 1.807) is 0 Å². The highest BCUT2D eigenvalue weighted by Crippen LogP contribution is 2.18. The van der Waals surface area contributed by atoms with Gasteiger partial charge in [0, 0.05) is 6.42 Å². The van der Waals surface area contributed by atoms with Gasteiger partial charge >= 0.3 is 5.97 Å². The molecule has 0 bridgehead atoms. The molecule has 0 fully saturated rings. The van der Waals surface area contributed by atoms with Gasteiger partial charge in [-0.25, -0.2) is 0 Å². The minimum Gasteiger partial charge on any atom is -0.462 e. The average Bonchev–Trinajstić information content (AvgIpc) is 3.25. The predicted octanol–water partition coefficient (Wildman–Crippen LogP) is 15.4. The maximum Gasteiger partial charge on any atom is 0.306 e. The van der Waals surface area contributed by atoms with E-state index in [-0.39, 0.29) is 24.9 Å². The van der Waals surface area contributed by atoms with Gasteiger partial charge in [0.05, 0.1) is 25.2 Å². The number of allylic oxidation sites excluding steroid dienone is 12. The van der Waals surface area contributed by atoms with Gasteiger partial charge < -0.3 is 20.3 Å². The molecule has 0 aliphatic heterocycles. The Kier molecular flexibility index (Phi) is 46.2. The summed E-state index contributed by atoms with van der Waals surface area (Å²) in [7, 11) is 0. The van der Waals surface area contributed by atoms with Crippen molar-refractivity contribution < 1.29 is 24.5 Å². The zero-order chi connectivity index (χ0) is 44.5. The standard InChI is InChI=1S/C55H97NO5/c1-4-7-10-13-16-19-22-24-26-27-29-31-33-36-39-42-45-48-55(60)61-51(46-43-40-37-34-32-30-28-25-23-20-17-14-11-8-5-2)49-54(59)56-52(50-57)53(58)47-44-41-38-35-21-18-15-12-9-6-3/h7,10,13,16,19,22,24,26-27,29,31,33,51-53,57-58H,4-6,8-9,11-12,14-15,17-18,20-21,23,25,28,30,32,34-50H2,1-3H3,(H,56,59)/b10-7-,16-13+,22-19+,26-24-,29-27+,33-31+. The molecule has 0 saturated carbocycles. The zero-order valence-electron chi connectivity index (χ0n) is 40.0. The Hall–Kier alpha value is -2.70. The number of nitrogens with one attached hydrogen (secondary N) is 1. The lowest BCUT2D eigenvalue weighted by atomic mass is 10.0. The fraction of sp³-hybridized carbons (Fsp3) is 0.745. The van der Waals surface area contributed by atoms with Crippen LogP contribution in [-0.4, -0.2) is 46.9 Å². The van der Waals surface area contributed by atoms with Crippen LogP contribution in [0.15, 0.2) is 72.9 Å². The molecule has 1 amide bonds. The molecule has 0 aliphatic rings. The van der Waals surface area contributed by atoms with Crippen molar-refractivity contribution in [3.05, 3.63) is 72.9 Å². The smallest absolute Gasteiger partial charge is 0.306 e. The highest BCUT2D eigenvalue weighted by Gasteiger charge is 2.24. The van der Waals surface area contributed by atoms with E-state index in [1.807, 2.05) is 48.6 Å². The number of hydrogen-bond donors (Lipinski definition) is 3. The van der Waals surface area contributed by atoms with Crippen LogP contribution < -0.4 is 5.32 Å². The molecule has 0 radical (unpaired) electrons. The molecule has 3 atom stereocenters. The monoisotopic (exact) mass is 852 g/mol. The second kappa shape index (κ2) is 48.3. The van der Waals surface area contributed by atoms with Crippen molar-refractivity contribution in [1.29, 1.82) is 0 Å². The Morgan fingerprint density at radius 1 is 0.492 bits per heavy atom. The lowest BCUT2D eigenvalue weighted by Gasteiger charge is -2.24. The summed E-state index contributed by atoms with van der Waals surface area (Å²) in [6.07, 6.45) is 61.0. The summed E-state index contributed by atoms with van der Waals surface area (Å²) in [6.45, 7) is 6.32. The molecule has 0 aromatic rings. The van der Waals surface area contributed by atoms with Crippen LogP contribution >= 0.6 is 0 Å². The molecule has 3 unspecified atom stereocenters. The predicted molar refractivity (Wildman–Crippen MR) is 264 cm³/mol. The van der Waals surface area contributed by atoms with Gasteiger partial charge in [0.15, 0.2) is 0 Å². The second-order valence-corrected chi connectivity index (χ2v) is 17.4. The van der Waals surface area contributed by atoms with E-state index >= 15 is 0 Å². The number of unbranched alkanes of at least 4 members (excludes halogenated alkanes) is 26. The second-order valence-electron chi connectivity index (χ2n) is 17.4. The van der Waals surface area contributed by atoms with Gasteiger partial charge in [-0.1, -0.05) is 254 Å². The zero-order valence-corrected chi connectivity index (χ0v) is 40.0. The molecule has 0 rings (SSSR count). The number of carbonyl (C=O) groups is 2. The van der Waals surface area contributed by atoms with Gasteiger partial charge in [0.1, 0.15) is 6.10 Å². The van der Waals surface area contributed by atoms with Gasteiger partial charge in [0.25, 0.3) is 0 Å². The molecule has 0 aliphatic carbocycles. The number of ether oxygens (including phenoxy) is 1. The largest absolute Gasteiger partial charge is 0.462 e. The number of aliphatic hydroxyl groups is 2. The highest BCUT2D eigenvalue weighted by molar-refractivity contribution is 5.77. The molecule has 0 saturated heterocycles. The summed E-state index contributed by atoms with van der Waals surface area (Å²) in [4.78, 5) is 26.1. The first-order chi connectivity index (χ1) is 30.0. The van der Waals surface area contributed by atoms with Crippen LogP contribution in [-0.2, 0) is 14.3 Å². The van der Waals surface area contributed by atoms with E-state index in [0.717, 1.165) is 70.6 Å². The van der Waals surface area contributed by atoms with Crippen molar-refractivity contribution in [2.24, 2.45) is 0 Å². The normalized spacial score (nSPS) is 13.9. The van der Waals surface area contributed by atoms with Crippen LogP contribution in [0.3, 0.4) is 0 Å². The number of amides is 1. The van der Waals surface area contributed by atoms with E-state index in [4.69, 9.17) is 4.74 Å². The lowest BCUT2D eigenvalue weighted by Crippen LogP contribution is -2.46. The number of hydrogen-bond acceptors (Lipinski definition) is 5. The van der Waals surface area contributed by atoms with Crippen molar-refractivity contribution in [3.63, 3.8) is 0 Å². The molecule has 352 valence electrons. The number of rotatable bonds is 45. The summed E-state index contributed by atoms with van der Waals surface area (Å²) >= 11 is 0. The van der Waals surface area contributed by atoms with Crippen LogP contribution in [0.5, 0.6) is 0 Å². The molecule has 0 heterocycles. The van der Waals surface area contributed by atoms with Crippen molar-refractivity contribution in [3.8, 4) is 0 Å². The first kappa shape index (κ1) is 58.3. The highest BCUT2D eigenvalue weighted by atomic mass is 16.5. The van der Waals surface area contributed by atoms with Gasteiger partial charge in [-0.15, -0.1) is 0 Å². The molecular formula is C55H97NO5. The van der Waals surface area contributed by atoms with Gasteiger partial charge in [-0.3, -0.25) is 9.59 Å². The minimum atomic E-state index is -0.796. The first-order valence-electron chi connectivity index (χ1n) is 25.7. The van der Waals surface area contributed by atoms with E-state index in [2.05, 4.69) is 50.4 Å². The summed E-state index contributed by atoms with van der Waals surface area (Å²) < 4.78 is 5.92. The number of carbonyl (C=O) groups excluding carboxylic acids is 2. The Morgan fingerprint density at radius 3 is 1.33 bits per heavy atom.